The lowest BCUT2D eigenvalue weighted by molar-refractivity contribution is 0.0821. The van der Waals surface area contributed by atoms with Gasteiger partial charge in [0.15, 0.2) is 11.5 Å². The van der Waals surface area contributed by atoms with Gasteiger partial charge in [-0.15, -0.1) is 0 Å². The van der Waals surface area contributed by atoms with Crippen molar-refractivity contribution >= 4 is 0 Å². The van der Waals surface area contributed by atoms with Crippen molar-refractivity contribution in [3.05, 3.63) is 23.8 Å². The summed E-state index contributed by atoms with van der Waals surface area (Å²) in [5.74, 6) is 1.58. The van der Waals surface area contributed by atoms with Gasteiger partial charge in [-0.2, -0.15) is 0 Å². The van der Waals surface area contributed by atoms with Gasteiger partial charge in [0.2, 0.25) is 0 Å². The molecule has 1 saturated heterocycles. The molecule has 5 heteroatoms. The van der Waals surface area contributed by atoms with Crippen LogP contribution in [0.5, 0.6) is 11.5 Å². The van der Waals surface area contributed by atoms with E-state index < -0.39 is 0 Å². The molecule has 2 rings (SSSR count). The van der Waals surface area contributed by atoms with E-state index in [-0.39, 0.29) is 6.10 Å². The van der Waals surface area contributed by atoms with Crippen molar-refractivity contribution in [3.63, 3.8) is 0 Å². The molecule has 1 aromatic carbocycles. The second-order valence-electron chi connectivity index (χ2n) is 5.76. The van der Waals surface area contributed by atoms with Crippen LogP contribution in [0.15, 0.2) is 18.2 Å². The highest BCUT2D eigenvalue weighted by molar-refractivity contribution is 5.46. The number of likely N-dealkylation sites (tertiary alicyclic amines) is 1. The first-order valence-electron chi connectivity index (χ1n) is 8.05. The number of nitrogens with one attached hydrogen (secondary N) is 1. The second kappa shape index (κ2) is 8.98. The van der Waals surface area contributed by atoms with Crippen LogP contribution in [0.1, 0.15) is 24.8 Å². The van der Waals surface area contributed by atoms with E-state index >= 15 is 0 Å². The Hall–Kier alpha value is -1.30. The van der Waals surface area contributed by atoms with Crippen LogP contribution in [0.4, 0.5) is 0 Å². The van der Waals surface area contributed by atoms with Crippen LogP contribution < -0.4 is 14.8 Å². The van der Waals surface area contributed by atoms with E-state index in [9.17, 15) is 5.11 Å². The molecule has 0 spiro atoms. The van der Waals surface area contributed by atoms with Crippen LogP contribution in [0.2, 0.25) is 0 Å². The molecule has 0 radical (unpaired) electrons. The van der Waals surface area contributed by atoms with Crippen LogP contribution in [0, 0.1) is 0 Å². The van der Waals surface area contributed by atoms with E-state index in [0.29, 0.717) is 0 Å². The zero-order valence-electron chi connectivity index (χ0n) is 13.7. The molecule has 0 unspecified atom stereocenters. The number of aliphatic hydroxyl groups excluding tert-OH is 1. The van der Waals surface area contributed by atoms with Crippen LogP contribution >= 0.6 is 0 Å². The molecule has 2 N–H and O–H groups in total. The third kappa shape index (κ3) is 4.87. The lowest BCUT2D eigenvalue weighted by Gasteiger charge is -2.29. The highest BCUT2D eigenvalue weighted by Gasteiger charge is 2.16. The van der Waals surface area contributed by atoms with Crippen molar-refractivity contribution in [2.75, 3.05) is 40.4 Å². The van der Waals surface area contributed by atoms with Crippen molar-refractivity contribution in [2.45, 2.75) is 31.9 Å². The van der Waals surface area contributed by atoms with E-state index in [1.54, 1.807) is 14.2 Å². The molecule has 0 aromatic heterocycles. The van der Waals surface area contributed by atoms with Gasteiger partial charge in [-0.25, -0.2) is 0 Å². The van der Waals surface area contributed by atoms with E-state index in [1.165, 1.54) is 0 Å². The van der Waals surface area contributed by atoms with Crippen molar-refractivity contribution in [1.29, 1.82) is 0 Å². The van der Waals surface area contributed by atoms with Gasteiger partial charge < -0.3 is 24.8 Å². The summed E-state index contributed by atoms with van der Waals surface area (Å²) in [5, 5.41) is 13.0. The highest BCUT2D eigenvalue weighted by Crippen LogP contribution is 2.30. The number of benzene rings is 1. The fourth-order valence-electron chi connectivity index (χ4n) is 2.89. The summed E-state index contributed by atoms with van der Waals surface area (Å²) in [6.45, 7) is 4.88. The van der Waals surface area contributed by atoms with Gasteiger partial charge in [0.25, 0.3) is 0 Å². The zero-order chi connectivity index (χ0) is 15.8. The van der Waals surface area contributed by atoms with Crippen LogP contribution in [0.3, 0.4) is 0 Å². The standard InChI is InChI=1S/C17H28N2O3/c1-21-16-6-3-5-14(17(16)22-2)13-18-9-4-10-19-11-7-15(20)8-12-19/h3,5-6,15,18,20H,4,7-13H2,1-2H3. The van der Waals surface area contributed by atoms with Gasteiger partial charge in [-0.3, -0.25) is 0 Å². The summed E-state index contributed by atoms with van der Waals surface area (Å²) in [6, 6.07) is 5.95. The smallest absolute Gasteiger partial charge is 0.165 e. The molecule has 22 heavy (non-hydrogen) atoms. The summed E-state index contributed by atoms with van der Waals surface area (Å²) < 4.78 is 10.7. The third-order valence-corrected chi connectivity index (χ3v) is 4.18. The van der Waals surface area contributed by atoms with Crippen LogP contribution in [0.25, 0.3) is 0 Å². The van der Waals surface area contributed by atoms with Crippen LogP contribution in [-0.2, 0) is 6.54 Å². The van der Waals surface area contributed by atoms with E-state index in [4.69, 9.17) is 9.47 Å². The monoisotopic (exact) mass is 308 g/mol. The Kier molecular flexibility index (Phi) is 6.96. The predicted molar refractivity (Wildman–Crippen MR) is 87.6 cm³/mol. The molecule has 1 fully saturated rings. The molecule has 0 bridgehead atoms. The van der Waals surface area contributed by atoms with Crippen molar-refractivity contribution < 1.29 is 14.6 Å². The summed E-state index contributed by atoms with van der Waals surface area (Å²) in [6.07, 6.45) is 2.85. The third-order valence-electron chi connectivity index (χ3n) is 4.18. The van der Waals surface area contributed by atoms with Gasteiger partial charge in [0.05, 0.1) is 20.3 Å². The minimum atomic E-state index is -0.0881. The zero-order valence-corrected chi connectivity index (χ0v) is 13.7. The molecule has 1 aliphatic rings. The van der Waals surface area contributed by atoms with Gasteiger partial charge in [-0.05, 0) is 38.4 Å². The average Bonchev–Trinajstić information content (AvgIpc) is 2.55. The Bertz CT molecular complexity index is 446. The fourth-order valence-corrected chi connectivity index (χ4v) is 2.89. The number of ether oxygens (including phenoxy) is 2. The molecular weight excluding hydrogens is 280 g/mol. The normalized spacial score (nSPS) is 16.7. The summed E-state index contributed by atoms with van der Waals surface area (Å²) in [5.41, 5.74) is 1.11. The molecule has 1 heterocycles. The molecule has 1 aromatic rings. The van der Waals surface area contributed by atoms with Crippen molar-refractivity contribution in [2.24, 2.45) is 0 Å². The summed E-state index contributed by atoms with van der Waals surface area (Å²) in [4.78, 5) is 2.43. The number of methoxy groups -OCH3 is 2. The number of nitrogens with zero attached hydrogens (tertiary/aromatic N) is 1. The van der Waals surface area contributed by atoms with Crippen molar-refractivity contribution in [3.8, 4) is 11.5 Å². The predicted octanol–water partition coefficient (Wildman–Crippen LogP) is 1.64. The lowest BCUT2D eigenvalue weighted by Crippen LogP contribution is -2.37. The SMILES string of the molecule is COc1cccc(CNCCCN2CCC(O)CC2)c1OC. The summed E-state index contributed by atoms with van der Waals surface area (Å²) in [7, 11) is 3.33. The number of hydrogen-bond donors (Lipinski definition) is 2. The topological polar surface area (TPSA) is 54.0 Å². The Morgan fingerprint density at radius 3 is 2.68 bits per heavy atom. The molecule has 1 aliphatic heterocycles. The van der Waals surface area contributed by atoms with E-state index in [2.05, 4.69) is 16.3 Å². The maximum absolute atomic E-state index is 9.49. The minimum absolute atomic E-state index is 0.0881. The van der Waals surface area contributed by atoms with Crippen molar-refractivity contribution in [1.82, 2.24) is 10.2 Å². The Morgan fingerprint density at radius 1 is 1.23 bits per heavy atom. The number of aliphatic hydroxyl groups is 1. The molecule has 0 amide bonds. The fraction of sp³-hybridized carbons (Fsp3) is 0.647. The quantitative estimate of drug-likeness (QED) is 0.715. The molecule has 5 nitrogen and oxygen atoms in total. The maximum atomic E-state index is 9.49. The first-order valence-corrected chi connectivity index (χ1v) is 8.05. The number of para-hydroxylation sites is 1. The average molecular weight is 308 g/mol. The highest BCUT2D eigenvalue weighted by atomic mass is 16.5. The number of rotatable bonds is 8. The largest absolute Gasteiger partial charge is 0.493 e. The van der Waals surface area contributed by atoms with Gasteiger partial charge in [0, 0.05) is 25.2 Å². The molecule has 0 aliphatic carbocycles. The molecule has 0 saturated carbocycles. The van der Waals surface area contributed by atoms with E-state index in [1.807, 2.05) is 12.1 Å². The summed E-state index contributed by atoms with van der Waals surface area (Å²) >= 11 is 0. The van der Waals surface area contributed by atoms with Crippen LogP contribution in [-0.4, -0.2) is 56.5 Å². The number of hydrogen-bond acceptors (Lipinski definition) is 5. The molecule has 124 valence electrons. The molecule has 0 atom stereocenters. The number of piperidine rings is 1. The van der Waals surface area contributed by atoms with Gasteiger partial charge in [0.1, 0.15) is 0 Å². The Balaban J connectivity index is 1.68. The lowest BCUT2D eigenvalue weighted by atomic mass is 10.1. The van der Waals surface area contributed by atoms with E-state index in [0.717, 1.165) is 69.0 Å². The first-order chi connectivity index (χ1) is 10.7. The Morgan fingerprint density at radius 2 is 2.00 bits per heavy atom. The second-order valence-corrected chi connectivity index (χ2v) is 5.76. The van der Waals surface area contributed by atoms with Gasteiger partial charge in [-0.1, -0.05) is 12.1 Å². The maximum Gasteiger partial charge on any atom is 0.165 e. The van der Waals surface area contributed by atoms with Gasteiger partial charge >= 0.3 is 0 Å². The molecular formula is C17H28N2O3. The minimum Gasteiger partial charge on any atom is -0.493 e. The Labute approximate surface area is 133 Å². The first kappa shape index (κ1) is 17.1.